The predicted molar refractivity (Wildman–Crippen MR) is 57.3 cm³/mol. The summed E-state index contributed by atoms with van der Waals surface area (Å²) in [5.74, 6) is 0. The predicted octanol–water partition coefficient (Wildman–Crippen LogP) is 2.78. The van der Waals surface area contributed by atoms with E-state index in [0.717, 1.165) is 17.7 Å². The van der Waals surface area contributed by atoms with Crippen molar-refractivity contribution < 1.29 is 0 Å². The number of fused-ring (bicyclic) bond motifs is 1. The van der Waals surface area contributed by atoms with E-state index in [9.17, 15) is 0 Å². The van der Waals surface area contributed by atoms with E-state index in [1.807, 2.05) is 12.1 Å². The minimum absolute atomic E-state index is 0.834. The summed E-state index contributed by atoms with van der Waals surface area (Å²) in [5.41, 5.74) is 11.6. The molecule has 1 aliphatic rings. The Morgan fingerprint density at radius 1 is 1.38 bits per heavy atom. The van der Waals surface area contributed by atoms with Gasteiger partial charge in [0, 0.05) is 5.69 Å². The van der Waals surface area contributed by atoms with E-state index in [2.05, 4.69) is 25.6 Å². The molecule has 0 fully saturated rings. The summed E-state index contributed by atoms with van der Waals surface area (Å²) in [6.45, 7) is 6.09. The van der Waals surface area contributed by atoms with Gasteiger partial charge in [-0.1, -0.05) is 24.3 Å². The van der Waals surface area contributed by atoms with Crippen LogP contribution in [0.5, 0.6) is 0 Å². The van der Waals surface area contributed by atoms with Crippen molar-refractivity contribution in [3.8, 4) is 0 Å². The molecular weight excluding hydrogens is 158 g/mol. The highest BCUT2D eigenvalue weighted by Crippen LogP contribution is 2.29. The molecule has 0 unspecified atom stereocenters. The van der Waals surface area contributed by atoms with Gasteiger partial charge >= 0.3 is 0 Å². The van der Waals surface area contributed by atoms with Gasteiger partial charge in [-0.25, -0.2) is 0 Å². The SMILES string of the molecule is C=C1C=C(C)c2ccc(N)cc2C1. The van der Waals surface area contributed by atoms with Crippen LogP contribution in [0.15, 0.2) is 36.4 Å². The lowest BCUT2D eigenvalue weighted by atomic mass is 9.89. The highest BCUT2D eigenvalue weighted by Gasteiger charge is 2.10. The van der Waals surface area contributed by atoms with Crippen LogP contribution in [0.4, 0.5) is 5.69 Å². The van der Waals surface area contributed by atoms with E-state index in [4.69, 9.17) is 5.73 Å². The van der Waals surface area contributed by atoms with Gasteiger partial charge in [0.25, 0.3) is 0 Å². The molecular formula is C12H13N. The number of hydrogen-bond acceptors (Lipinski definition) is 1. The van der Waals surface area contributed by atoms with Crippen molar-refractivity contribution in [2.24, 2.45) is 0 Å². The van der Waals surface area contributed by atoms with Crippen LogP contribution in [0.2, 0.25) is 0 Å². The lowest BCUT2D eigenvalue weighted by Gasteiger charge is -2.16. The quantitative estimate of drug-likeness (QED) is 0.597. The summed E-state index contributed by atoms with van der Waals surface area (Å²) < 4.78 is 0. The average molecular weight is 171 g/mol. The molecule has 66 valence electrons. The fourth-order valence-electron chi connectivity index (χ4n) is 1.82. The van der Waals surface area contributed by atoms with Gasteiger partial charge in [-0.15, -0.1) is 0 Å². The Kier molecular flexibility index (Phi) is 1.73. The van der Waals surface area contributed by atoms with Crippen LogP contribution in [0.1, 0.15) is 18.1 Å². The Balaban J connectivity index is 2.60. The zero-order valence-electron chi connectivity index (χ0n) is 7.80. The van der Waals surface area contributed by atoms with E-state index in [0.29, 0.717) is 0 Å². The summed E-state index contributed by atoms with van der Waals surface area (Å²) in [6.07, 6.45) is 3.07. The molecule has 0 aromatic heterocycles. The largest absolute Gasteiger partial charge is 0.399 e. The molecule has 1 aliphatic carbocycles. The second-order valence-electron chi connectivity index (χ2n) is 3.58. The van der Waals surface area contributed by atoms with Crippen LogP contribution >= 0.6 is 0 Å². The van der Waals surface area contributed by atoms with Gasteiger partial charge in [-0.3, -0.25) is 0 Å². The van der Waals surface area contributed by atoms with Crippen LogP contribution in [-0.2, 0) is 6.42 Å². The Morgan fingerprint density at radius 2 is 2.15 bits per heavy atom. The Hall–Kier alpha value is -1.50. The van der Waals surface area contributed by atoms with Gasteiger partial charge in [0.15, 0.2) is 0 Å². The van der Waals surface area contributed by atoms with E-state index >= 15 is 0 Å². The molecule has 0 atom stereocenters. The lowest BCUT2D eigenvalue weighted by Crippen LogP contribution is -2.01. The van der Waals surface area contributed by atoms with Crippen molar-refractivity contribution in [3.63, 3.8) is 0 Å². The molecule has 1 aromatic rings. The van der Waals surface area contributed by atoms with Crippen LogP contribution in [-0.4, -0.2) is 0 Å². The summed E-state index contributed by atoms with van der Waals surface area (Å²) in [7, 11) is 0. The molecule has 0 saturated carbocycles. The zero-order chi connectivity index (χ0) is 9.42. The third-order valence-corrected chi connectivity index (χ3v) is 2.39. The maximum Gasteiger partial charge on any atom is 0.0317 e. The normalized spacial score (nSPS) is 15.2. The second kappa shape index (κ2) is 2.77. The topological polar surface area (TPSA) is 26.0 Å². The summed E-state index contributed by atoms with van der Waals surface area (Å²) in [4.78, 5) is 0. The van der Waals surface area contributed by atoms with Crippen molar-refractivity contribution >= 4 is 11.3 Å². The highest BCUT2D eigenvalue weighted by atomic mass is 14.5. The average Bonchev–Trinajstić information content (AvgIpc) is 2.02. The van der Waals surface area contributed by atoms with Crippen molar-refractivity contribution in [2.75, 3.05) is 5.73 Å². The molecule has 13 heavy (non-hydrogen) atoms. The molecule has 1 aromatic carbocycles. The van der Waals surface area contributed by atoms with E-state index < -0.39 is 0 Å². The van der Waals surface area contributed by atoms with E-state index in [1.54, 1.807) is 0 Å². The zero-order valence-corrected chi connectivity index (χ0v) is 7.80. The standard InChI is InChI=1S/C12H13N/c1-8-5-9(2)12-4-3-11(13)7-10(12)6-8/h3-5,7H,1,6,13H2,2H3. The maximum absolute atomic E-state index is 5.72. The number of rotatable bonds is 0. The van der Waals surface area contributed by atoms with Crippen LogP contribution in [0.3, 0.4) is 0 Å². The van der Waals surface area contributed by atoms with Crippen LogP contribution < -0.4 is 5.73 Å². The molecule has 0 bridgehead atoms. The molecule has 1 heteroatoms. The van der Waals surface area contributed by atoms with Gasteiger partial charge in [-0.2, -0.15) is 0 Å². The number of nitrogen functional groups attached to an aromatic ring is 1. The number of nitrogens with two attached hydrogens (primary N) is 1. The lowest BCUT2D eigenvalue weighted by molar-refractivity contribution is 1.16. The molecule has 0 radical (unpaired) electrons. The third-order valence-electron chi connectivity index (χ3n) is 2.39. The molecule has 1 nitrogen and oxygen atoms in total. The molecule has 0 aliphatic heterocycles. The van der Waals surface area contributed by atoms with Gasteiger partial charge in [-0.05, 0) is 42.2 Å². The van der Waals surface area contributed by atoms with Crippen molar-refractivity contribution in [1.82, 2.24) is 0 Å². The smallest absolute Gasteiger partial charge is 0.0317 e. The third kappa shape index (κ3) is 1.37. The van der Waals surface area contributed by atoms with Gasteiger partial charge < -0.3 is 5.73 Å². The Labute approximate surface area is 78.6 Å². The second-order valence-corrected chi connectivity index (χ2v) is 3.58. The van der Waals surface area contributed by atoms with E-state index in [-0.39, 0.29) is 0 Å². The van der Waals surface area contributed by atoms with Crippen molar-refractivity contribution in [3.05, 3.63) is 47.6 Å². The first-order valence-electron chi connectivity index (χ1n) is 4.41. The molecule has 0 saturated heterocycles. The number of allylic oxidation sites excluding steroid dienone is 3. The summed E-state index contributed by atoms with van der Waals surface area (Å²) in [6, 6.07) is 6.07. The highest BCUT2D eigenvalue weighted by molar-refractivity contribution is 5.73. The molecule has 0 amide bonds. The number of hydrogen-bond donors (Lipinski definition) is 1. The van der Waals surface area contributed by atoms with Crippen molar-refractivity contribution in [2.45, 2.75) is 13.3 Å². The fourth-order valence-corrected chi connectivity index (χ4v) is 1.82. The summed E-state index contributed by atoms with van der Waals surface area (Å²) in [5, 5.41) is 0. The first-order chi connectivity index (χ1) is 6.16. The monoisotopic (exact) mass is 171 g/mol. The molecule has 0 heterocycles. The van der Waals surface area contributed by atoms with Gasteiger partial charge in [0.05, 0.1) is 0 Å². The Bertz CT molecular complexity index is 400. The molecule has 2 N–H and O–H groups in total. The molecule has 0 spiro atoms. The van der Waals surface area contributed by atoms with Crippen LogP contribution in [0, 0.1) is 0 Å². The van der Waals surface area contributed by atoms with Gasteiger partial charge in [0.2, 0.25) is 0 Å². The van der Waals surface area contributed by atoms with Crippen LogP contribution in [0.25, 0.3) is 5.57 Å². The minimum atomic E-state index is 0.834. The van der Waals surface area contributed by atoms with Gasteiger partial charge in [0.1, 0.15) is 0 Å². The fraction of sp³-hybridized carbons (Fsp3) is 0.167. The minimum Gasteiger partial charge on any atom is -0.399 e. The maximum atomic E-state index is 5.72. The van der Waals surface area contributed by atoms with E-state index in [1.165, 1.54) is 16.7 Å². The number of anilines is 1. The number of benzene rings is 1. The summed E-state index contributed by atoms with van der Waals surface area (Å²) >= 11 is 0. The Morgan fingerprint density at radius 3 is 2.92 bits per heavy atom. The first-order valence-corrected chi connectivity index (χ1v) is 4.41. The first kappa shape index (κ1) is 8.11. The van der Waals surface area contributed by atoms with Crippen molar-refractivity contribution in [1.29, 1.82) is 0 Å². The molecule has 2 rings (SSSR count).